The van der Waals surface area contributed by atoms with Gasteiger partial charge < -0.3 is 24.3 Å². The fourth-order valence-electron chi connectivity index (χ4n) is 2.42. The van der Waals surface area contributed by atoms with Crippen LogP contribution < -0.4 is 10.1 Å². The molecule has 0 aliphatic carbocycles. The maximum absolute atomic E-state index is 13.7. The van der Waals surface area contributed by atoms with Crippen LogP contribution in [0.4, 0.5) is 4.39 Å². The first kappa shape index (κ1) is 25.1. The molecular weight excluding hydrogens is 490 g/mol. The largest absolute Gasteiger partial charge is 0.489 e. The normalized spacial score (nSPS) is 11.1. The standard InChI is InChI=1S/C19H29FN6O2.HI/c1-15-23-24-18(26(15)3)14-22-19(21-10-7-12-27-4)25(2)11-13-28-17-9-6-5-8-16(17)20;/h5-6,8-9H,7,10-14H2,1-4H3,(H,21,22);1H. The van der Waals surface area contributed by atoms with Crippen LogP contribution >= 0.6 is 24.0 Å². The Morgan fingerprint density at radius 3 is 2.69 bits per heavy atom. The number of para-hydroxylation sites is 1. The van der Waals surface area contributed by atoms with E-state index in [1.807, 2.05) is 30.5 Å². The van der Waals surface area contributed by atoms with Crippen molar-refractivity contribution in [2.45, 2.75) is 19.9 Å². The molecule has 1 aromatic heterocycles. The summed E-state index contributed by atoms with van der Waals surface area (Å²) in [5, 5.41) is 11.5. The molecule has 2 aromatic rings. The molecular formula is C19H30FIN6O2. The minimum atomic E-state index is -0.366. The van der Waals surface area contributed by atoms with E-state index >= 15 is 0 Å². The number of aryl methyl sites for hydroxylation is 1. The molecule has 0 fully saturated rings. The second-order valence-corrected chi connectivity index (χ2v) is 6.34. The number of nitrogens with zero attached hydrogens (tertiary/aromatic N) is 5. The van der Waals surface area contributed by atoms with Gasteiger partial charge in [0.1, 0.15) is 19.0 Å². The van der Waals surface area contributed by atoms with Gasteiger partial charge >= 0.3 is 0 Å². The predicted molar refractivity (Wildman–Crippen MR) is 121 cm³/mol. The van der Waals surface area contributed by atoms with Crippen LogP contribution in [0.1, 0.15) is 18.1 Å². The van der Waals surface area contributed by atoms with Gasteiger partial charge in [0, 0.05) is 34.4 Å². The number of ether oxygens (including phenoxy) is 2. The van der Waals surface area contributed by atoms with Gasteiger partial charge in [-0.05, 0) is 25.5 Å². The fourth-order valence-corrected chi connectivity index (χ4v) is 2.42. The molecule has 0 aliphatic heterocycles. The van der Waals surface area contributed by atoms with Gasteiger partial charge in [-0.25, -0.2) is 9.38 Å². The maximum Gasteiger partial charge on any atom is 0.194 e. The number of halogens is 2. The van der Waals surface area contributed by atoms with Crippen molar-refractivity contribution in [1.82, 2.24) is 25.0 Å². The maximum atomic E-state index is 13.7. The highest BCUT2D eigenvalue weighted by Gasteiger charge is 2.10. The quantitative estimate of drug-likeness (QED) is 0.225. The van der Waals surface area contributed by atoms with Gasteiger partial charge in [-0.2, -0.15) is 0 Å². The molecule has 0 spiro atoms. The zero-order chi connectivity index (χ0) is 20.4. The number of aliphatic imine (C=N–C) groups is 1. The van der Waals surface area contributed by atoms with E-state index in [0.29, 0.717) is 32.3 Å². The van der Waals surface area contributed by atoms with E-state index in [4.69, 9.17) is 9.47 Å². The molecule has 0 bridgehead atoms. The van der Waals surface area contributed by atoms with Crippen LogP contribution in [0.25, 0.3) is 0 Å². The first-order valence-electron chi connectivity index (χ1n) is 9.23. The third-order valence-electron chi connectivity index (χ3n) is 4.24. The molecule has 8 nitrogen and oxygen atoms in total. The Labute approximate surface area is 188 Å². The second-order valence-electron chi connectivity index (χ2n) is 6.34. The Kier molecular flexibility index (Phi) is 11.5. The third-order valence-corrected chi connectivity index (χ3v) is 4.24. The van der Waals surface area contributed by atoms with E-state index in [1.165, 1.54) is 6.07 Å². The third kappa shape index (κ3) is 8.13. The number of hydrogen-bond acceptors (Lipinski definition) is 5. The van der Waals surface area contributed by atoms with E-state index < -0.39 is 0 Å². The number of methoxy groups -OCH3 is 1. The van der Waals surface area contributed by atoms with Gasteiger partial charge in [0.05, 0.1) is 6.54 Å². The van der Waals surface area contributed by atoms with Crippen molar-refractivity contribution in [2.75, 3.05) is 40.5 Å². The topological polar surface area (TPSA) is 76.8 Å². The Morgan fingerprint density at radius 2 is 2.03 bits per heavy atom. The molecule has 29 heavy (non-hydrogen) atoms. The van der Waals surface area contributed by atoms with Crippen molar-refractivity contribution in [1.29, 1.82) is 0 Å². The zero-order valence-corrected chi connectivity index (χ0v) is 19.7. The minimum Gasteiger partial charge on any atom is -0.489 e. The number of aromatic nitrogens is 3. The Balaban J connectivity index is 0.00000420. The van der Waals surface area contributed by atoms with Crippen molar-refractivity contribution >= 4 is 29.9 Å². The van der Waals surface area contributed by atoms with E-state index in [-0.39, 0.29) is 35.5 Å². The van der Waals surface area contributed by atoms with Crippen molar-refractivity contribution in [2.24, 2.45) is 12.0 Å². The summed E-state index contributed by atoms with van der Waals surface area (Å²) in [6.45, 7) is 4.58. The smallest absolute Gasteiger partial charge is 0.194 e. The highest BCUT2D eigenvalue weighted by atomic mass is 127. The molecule has 1 heterocycles. The number of guanidine groups is 1. The molecule has 0 saturated carbocycles. The van der Waals surface area contributed by atoms with E-state index in [9.17, 15) is 4.39 Å². The minimum absolute atomic E-state index is 0. The lowest BCUT2D eigenvalue weighted by molar-refractivity contribution is 0.195. The average molecular weight is 520 g/mol. The highest BCUT2D eigenvalue weighted by molar-refractivity contribution is 14.0. The Bertz CT molecular complexity index is 771. The van der Waals surface area contributed by atoms with Crippen molar-refractivity contribution < 1.29 is 13.9 Å². The summed E-state index contributed by atoms with van der Waals surface area (Å²) in [6, 6.07) is 6.38. The lowest BCUT2D eigenvalue weighted by atomic mass is 10.3. The molecule has 0 saturated heterocycles. The summed E-state index contributed by atoms with van der Waals surface area (Å²) in [5.74, 6) is 2.22. The SMILES string of the molecule is COCCCNC(=NCc1nnc(C)n1C)N(C)CCOc1ccccc1F.I. The average Bonchev–Trinajstić information content (AvgIpc) is 3.01. The van der Waals surface area contributed by atoms with Gasteiger partial charge in [0.2, 0.25) is 0 Å². The van der Waals surface area contributed by atoms with Crippen LogP contribution in [0.3, 0.4) is 0 Å². The number of hydrogen-bond donors (Lipinski definition) is 1. The lowest BCUT2D eigenvalue weighted by Gasteiger charge is -2.22. The summed E-state index contributed by atoms with van der Waals surface area (Å²) in [5.41, 5.74) is 0. The molecule has 10 heteroatoms. The van der Waals surface area contributed by atoms with Crippen LogP contribution in [0.5, 0.6) is 5.75 Å². The number of benzene rings is 1. The Hall–Kier alpha value is -1.95. The number of likely N-dealkylation sites (N-methyl/N-ethyl adjacent to an activating group) is 1. The molecule has 0 aliphatic rings. The first-order chi connectivity index (χ1) is 13.5. The zero-order valence-electron chi connectivity index (χ0n) is 17.4. The van der Waals surface area contributed by atoms with E-state index in [0.717, 1.165) is 24.6 Å². The summed E-state index contributed by atoms with van der Waals surface area (Å²) < 4.78 is 26.2. The summed E-state index contributed by atoms with van der Waals surface area (Å²) in [6.07, 6.45) is 0.859. The molecule has 1 aromatic carbocycles. The van der Waals surface area contributed by atoms with Crippen LogP contribution in [0.2, 0.25) is 0 Å². The van der Waals surface area contributed by atoms with E-state index in [1.54, 1.807) is 25.3 Å². The van der Waals surface area contributed by atoms with Crippen LogP contribution in [0, 0.1) is 12.7 Å². The van der Waals surface area contributed by atoms with Gasteiger partial charge in [-0.15, -0.1) is 34.2 Å². The fraction of sp³-hybridized carbons (Fsp3) is 0.526. The molecule has 0 unspecified atom stereocenters. The number of nitrogens with one attached hydrogen (secondary N) is 1. The lowest BCUT2D eigenvalue weighted by Crippen LogP contribution is -2.41. The van der Waals surface area contributed by atoms with Crippen molar-refractivity contribution in [3.05, 3.63) is 41.7 Å². The molecule has 0 atom stereocenters. The van der Waals surface area contributed by atoms with Gasteiger partial charge in [-0.3, -0.25) is 0 Å². The van der Waals surface area contributed by atoms with Gasteiger partial charge in [0.15, 0.2) is 23.4 Å². The van der Waals surface area contributed by atoms with Crippen molar-refractivity contribution in [3.63, 3.8) is 0 Å². The van der Waals surface area contributed by atoms with Crippen LogP contribution in [0.15, 0.2) is 29.3 Å². The summed E-state index contributed by atoms with van der Waals surface area (Å²) >= 11 is 0. The Morgan fingerprint density at radius 1 is 1.28 bits per heavy atom. The molecule has 0 amide bonds. The first-order valence-corrected chi connectivity index (χ1v) is 9.23. The van der Waals surface area contributed by atoms with Gasteiger partial charge in [-0.1, -0.05) is 12.1 Å². The molecule has 162 valence electrons. The molecule has 2 rings (SSSR count). The summed E-state index contributed by atoms with van der Waals surface area (Å²) in [7, 11) is 5.50. The molecule has 1 N–H and O–H groups in total. The summed E-state index contributed by atoms with van der Waals surface area (Å²) in [4.78, 5) is 6.59. The predicted octanol–water partition coefficient (Wildman–Crippen LogP) is 2.37. The van der Waals surface area contributed by atoms with Crippen molar-refractivity contribution in [3.8, 4) is 5.75 Å². The van der Waals surface area contributed by atoms with Crippen LogP contribution in [-0.4, -0.2) is 66.1 Å². The molecule has 0 radical (unpaired) electrons. The van der Waals surface area contributed by atoms with Crippen LogP contribution in [-0.2, 0) is 18.3 Å². The monoisotopic (exact) mass is 520 g/mol. The van der Waals surface area contributed by atoms with E-state index in [2.05, 4.69) is 20.5 Å². The second kappa shape index (κ2) is 13.3. The van der Waals surface area contributed by atoms with Gasteiger partial charge in [0.25, 0.3) is 0 Å². The number of rotatable bonds is 10. The highest BCUT2D eigenvalue weighted by Crippen LogP contribution is 2.15.